The van der Waals surface area contributed by atoms with Gasteiger partial charge in [0.2, 0.25) is 0 Å². The van der Waals surface area contributed by atoms with E-state index in [-0.39, 0.29) is 17.9 Å². The second-order valence-corrected chi connectivity index (χ2v) is 6.51. The average Bonchev–Trinajstić information content (AvgIpc) is 2.62. The van der Waals surface area contributed by atoms with Crippen molar-refractivity contribution in [1.29, 1.82) is 0 Å². The highest BCUT2D eigenvalue weighted by Gasteiger charge is 2.37. The molecule has 1 saturated carbocycles. The molecule has 3 rings (SSSR count). The largest absolute Gasteiger partial charge is 0.462 e. The van der Waals surface area contributed by atoms with Crippen LogP contribution in [0.5, 0.6) is 0 Å². The summed E-state index contributed by atoms with van der Waals surface area (Å²) < 4.78 is 5.06. The van der Waals surface area contributed by atoms with Crippen molar-refractivity contribution in [1.82, 2.24) is 16.0 Å². The van der Waals surface area contributed by atoms with E-state index in [4.69, 9.17) is 4.74 Å². The van der Waals surface area contributed by atoms with Gasteiger partial charge in [0.05, 0.1) is 17.8 Å². The third-order valence-corrected chi connectivity index (χ3v) is 4.65. The topological polar surface area (TPSA) is 86.8 Å². The van der Waals surface area contributed by atoms with Gasteiger partial charge in [-0.3, -0.25) is 10.6 Å². The van der Waals surface area contributed by atoms with Gasteiger partial charge in [0.1, 0.15) is 0 Å². The minimum atomic E-state index is -0.316. The van der Waals surface area contributed by atoms with Gasteiger partial charge in [-0.2, -0.15) is 0 Å². The molecule has 7 heteroatoms. The van der Waals surface area contributed by atoms with Crippen LogP contribution in [0.1, 0.15) is 49.4 Å². The van der Waals surface area contributed by atoms with Crippen LogP contribution in [0.4, 0.5) is 5.69 Å². The summed E-state index contributed by atoms with van der Waals surface area (Å²) in [4.78, 5) is 16.5. The number of ether oxygens (including phenoxy) is 1. The first-order valence-electron chi connectivity index (χ1n) is 8.99. The van der Waals surface area contributed by atoms with Crippen molar-refractivity contribution in [2.45, 2.75) is 51.0 Å². The number of hydrogen-bond acceptors (Lipinski definition) is 7. The van der Waals surface area contributed by atoms with E-state index in [2.05, 4.69) is 26.3 Å². The third-order valence-electron chi connectivity index (χ3n) is 4.65. The molecule has 1 unspecified atom stereocenters. The minimum absolute atomic E-state index is 0.130. The molecule has 0 radical (unpaired) electrons. The minimum Gasteiger partial charge on any atom is -0.462 e. The van der Waals surface area contributed by atoms with Crippen molar-refractivity contribution in [2.24, 2.45) is 4.99 Å². The third kappa shape index (κ3) is 4.29. The van der Waals surface area contributed by atoms with E-state index in [0.29, 0.717) is 18.1 Å². The predicted octanol–water partition coefficient (Wildman–Crippen LogP) is 1.99. The summed E-state index contributed by atoms with van der Waals surface area (Å²) in [6.07, 6.45) is 5.65. The Hall–Kier alpha value is -2.12. The fraction of sp³-hybridized carbons (Fsp3) is 0.556. The van der Waals surface area contributed by atoms with Gasteiger partial charge in [-0.1, -0.05) is 12.5 Å². The summed E-state index contributed by atoms with van der Waals surface area (Å²) in [5.41, 5.74) is 1.20. The molecule has 1 aromatic rings. The quantitative estimate of drug-likeness (QED) is 0.625. The Bertz CT molecular complexity index is 640. The van der Waals surface area contributed by atoms with E-state index in [9.17, 15) is 4.79 Å². The van der Waals surface area contributed by atoms with Gasteiger partial charge in [-0.15, -0.1) is 0 Å². The van der Waals surface area contributed by atoms with Gasteiger partial charge in [0.15, 0.2) is 12.2 Å². The van der Waals surface area contributed by atoms with Crippen LogP contribution in [0.15, 0.2) is 29.3 Å². The van der Waals surface area contributed by atoms with E-state index in [1.54, 1.807) is 19.1 Å². The van der Waals surface area contributed by atoms with Crippen LogP contribution in [0, 0.1) is 0 Å². The maximum absolute atomic E-state index is 11.9. The molecule has 1 aliphatic carbocycles. The van der Waals surface area contributed by atoms with E-state index < -0.39 is 0 Å². The van der Waals surface area contributed by atoms with Gasteiger partial charge in [-0.05, 0) is 57.9 Å². The number of aliphatic imine (C=N–C) groups is 1. The monoisotopic (exact) mass is 345 g/mol. The normalized spacial score (nSPS) is 22.0. The summed E-state index contributed by atoms with van der Waals surface area (Å²) in [5, 5.41) is 13.6. The van der Waals surface area contributed by atoms with Crippen LogP contribution >= 0.6 is 0 Å². The molecule has 1 fully saturated rings. The van der Waals surface area contributed by atoms with Crippen molar-refractivity contribution < 1.29 is 9.53 Å². The molecule has 25 heavy (non-hydrogen) atoms. The SMILES string of the molecule is CCOC(=O)c1cccc(NC2=NC(NC)NC3(CCCCC3)N2)c1. The Labute approximate surface area is 148 Å². The van der Waals surface area contributed by atoms with E-state index >= 15 is 0 Å². The Morgan fingerprint density at radius 1 is 1.36 bits per heavy atom. The molecule has 2 aliphatic rings. The van der Waals surface area contributed by atoms with Crippen LogP contribution in [0.2, 0.25) is 0 Å². The molecular weight excluding hydrogens is 318 g/mol. The van der Waals surface area contributed by atoms with Crippen molar-refractivity contribution in [2.75, 3.05) is 19.0 Å². The van der Waals surface area contributed by atoms with Gasteiger partial charge < -0.3 is 15.4 Å². The molecule has 1 spiro atoms. The molecule has 0 amide bonds. The fourth-order valence-electron chi connectivity index (χ4n) is 3.42. The van der Waals surface area contributed by atoms with Crippen LogP contribution in [0.25, 0.3) is 0 Å². The predicted molar refractivity (Wildman–Crippen MR) is 98.4 cm³/mol. The molecule has 1 aromatic carbocycles. The number of carbonyl (C=O) groups excluding carboxylic acids is 1. The second kappa shape index (κ2) is 7.84. The van der Waals surface area contributed by atoms with Crippen molar-refractivity contribution >= 4 is 17.6 Å². The maximum atomic E-state index is 11.9. The average molecular weight is 345 g/mol. The number of carbonyl (C=O) groups is 1. The number of esters is 1. The lowest BCUT2D eigenvalue weighted by Gasteiger charge is -2.44. The lowest BCUT2D eigenvalue weighted by molar-refractivity contribution is 0.0526. The zero-order chi connectivity index (χ0) is 17.7. The summed E-state index contributed by atoms with van der Waals surface area (Å²) in [5.74, 6) is 0.393. The molecule has 0 aromatic heterocycles. The summed E-state index contributed by atoms with van der Waals surface area (Å²) in [7, 11) is 1.89. The number of rotatable bonds is 4. The van der Waals surface area contributed by atoms with Gasteiger partial charge in [-0.25, -0.2) is 9.79 Å². The molecule has 4 N–H and O–H groups in total. The lowest BCUT2D eigenvalue weighted by Crippen LogP contribution is -2.68. The Morgan fingerprint density at radius 3 is 2.88 bits per heavy atom. The molecule has 1 aliphatic heterocycles. The van der Waals surface area contributed by atoms with Crippen molar-refractivity contribution in [3.63, 3.8) is 0 Å². The molecule has 1 atom stereocenters. The fourth-order valence-corrected chi connectivity index (χ4v) is 3.42. The number of hydrogen-bond donors (Lipinski definition) is 4. The standard InChI is InChI=1S/C18H27N5O2/c1-3-25-15(24)13-8-7-9-14(12-13)20-17-21-16(19-2)22-18(23-17)10-5-4-6-11-18/h7-9,12,16,19,22H,3-6,10-11H2,1-2H3,(H2,20,21,23). The van der Waals surface area contributed by atoms with Crippen LogP contribution in [-0.4, -0.2) is 37.5 Å². The number of nitrogens with one attached hydrogen (secondary N) is 4. The highest BCUT2D eigenvalue weighted by atomic mass is 16.5. The Kier molecular flexibility index (Phi) is 5.55. The zero-order valence-corrected chi connectivity index (χ0v) is 14.9. The number of anilines is 1. The van der Waals surface area contributed by atoms with Crippen LogP contribution in [-0.2, 0) is 4.74 Å². The first-order chi connectivity index (χ1) is 12.1. The Balaban J connectivity index is 1.75. The molecule has 136 valence electrons. The number of benzene rings is 1. The van der Waals surface area contributed by atoms with Crippen LogP contribution in [0.3, 0.4) is 0 Å². The highest BCUT2D eigenvalue weighted by Crippen LogP contribution is 2.28. The lowest BCUT2D eigenvalue weighted by atomic mass is 9.88. The number of guanidine groups is 1. The van der Waals surface area contributed by atoms with Crippen molar-refractivity contribution in [3.05, 3.63) is 29.8 Å². The van der Waals surface area contributed by atoms with Gasteiger partial charge in [0.25, 0.3) is 0 Å². The first-order valence-corrected chi connectivity index (χ1v) is 8.99. The zero-order valence-electron chi connectivity index (χ0n) is 14.9. The van der Waals surface area contributed by atoms with Crippen LogP contribution < -0.4 is 21.3 Å². The molecule has 7 nitrogen and oxygen atoms in total. The van der Waals surface area contributed by atoms with E-state index in [1.807, 2.05) is 19.2 Å². The summed E-state index contributed by atoms with van der Waals surface area (Å²) >= 11 is 0. The molecule has 1 heterocycles. The highest BCUT2D eigenvalue weighted by molar-refractivity contribution is 5.96. The van der Waals surface area contributed by atoms with E-state index in [1.165, 1.54) is 19.3 Å². The van der Waals surface area contributed by atoms with Gasteiger partial charge in [0, 0.05) is 5.69 Å². The molecular formula is C18H27N5O2. The van der Waals surface area contributed by atoms with Crippen molar-refractivity contribution in [3.8, 4) is 0 Å². The summed E-state index contributed by atoms with van der Waals surface area (Å²) in [6.45, 7) is 2.16. The van der Waals surface area contributed by atoms with E-state index in [0.717, 1.165) is 18.5 Å². The smallest absolute Gasteiger partial charge is 0.338 e. The summed E-state index contributed by atoms with van der Waals surface area (Å²) in [6, 6.07) is 7.28. The first kappa shape index (κ1) is 17.7. The second-order valence-electron chi connectivity index (χ2n) is 6.51. The Morgan fingerprint density at radius 2 is 2.16 bits per heavy atom. The maximum Gasteiger partial charge on any atom is 0.338 e. The molecule has 0 saturated heterocycles. The molecule has 0 bridgehead atoms. The number of nitrogens with zero attached hydrogens (tertiary/aromatic N) is 1. The van der Waals surface area contributed by atoms with Gasteiger partial charge >= 0.3 is 5.97 Å².